The molecular formula is C16H19BrN4O3S. The van der Waals surface area contributed by atoms with Crippen LogP contribution in [-0.4, -0.2) is 64.2 Å². The van der Waals surface area contributed by atoms with Gasteiger partial charge >= 0.3 is 0 Å². The van der Waals surface area contributed by atoms with Crippen molar-refractivity contribution in [3.63, 3.8) is 0 Å². The van der Waals surface area contributed by atoms with E-state index in [4.69, 9.17) is 0 Å². The lowest BCUT2D eigenvalue weighted by Crippen LogP contribution is -2.50. The third-order valence-corrected chi connectivity index (χ3v) is 7.29. The van der Waals surface area contributed by atoms with Crippen molar-refractivity contribution in [1.82, 2.24) is 19.0 Å². The highest BCUT2D eigenvalue weighted by Crippen LogP contribution is 2.13. The molecule has 0 N–H and O–H groups in total. The second-order valence-electron chi connectivity index (χ2n) is 5.82. The Morgan fingerprint density at radius 2 is 1.80 bits per heavy atom. The number of alkyl halides is 1. The number of sulfonamides is 1. The van der Waals surface area contributed by atoms with Gasteiger partial charge in [0.1, 0.15) is 4.66 Å². The Labute approximate surface area is 155 Å². The second kappa shape index (κ2) is 7.67. The highest BCUT2D eigenvalue weighted by molar-refractivity contribution is 9.10. The SMILES string of the molecule is O=C(c1cnn(Cc2ccccc2)c1)N1CCN(S(=O)(=O)CBr)CC1. The van der Waals surface area contributed by atoms with Crippen molar-refractivity contribution in [2.45, 2.75) is 6.54 Å². The molecule has 0 spiro atoms. The minimum absolute atomic E-state index is 0.0970. The predicted molar refractivity (Wildman–Crippen MR) is 98.0 cm³/mol. The van der Waals surface area contributed by atoms with Crippen molar-refractivity contribution in [2.24, 2.45) is 0 Å². The van der Waals surface area contributed by atoms with Gasteiger partial charge in [0.2, 0.25) is 10.0 Å². The van der Waals surface area contributed by atoms with Crippen LogP contribution in [0, 0.1) is 0 Å². The molecule has 9 heteroatoms. The number of hydrogen-bond donors (Lipinski definition) is 0. The Morgan fingerprint density at radius 3 is 2.44 bits per heavy atom. The summed E-state index contributed by atoms with van der Waals surface area (Å²) in [5.74, 6) is -0.116. The van der Waals surface area contributed by atoms with Crippen molar-refractivity contribution in [2.75, 3.05) is 30.8 Å². The molecule has 0 saturated carbocycles. The van der Waals surface area contributed by atoms with Crippen molar-refractivity contribution in [1.29, 1.82) is 0 Å². The topological polar surface area (TPSA) is 75.5 Å². The van der Waals surface area contributed by atoms with E-state index in [0.29, 0.717) is 38.3 Å². The lowest BCUT2D eigenvalue weighted by Gasteiger charge is -2.33. The Morgan fingerprint density at radius 1 is 1.12 bits per heavy atom. The van der Waals surface area contributed by atoms with Gasteiger partial charge in [-0.2, -0.15) is 9.40 Å². The van der Waals surface area contributed by atoms with Gasteiger partial charge in [-0.1, -0.05) is 46.3 Å². The van der Waals surface area contributed by atoms with Crippen LogP contribution in [0.3, 0.4) is 0 Å². The first kappa shape index (κ1) is 18.1. The molecule has 0 radical (unpaired) electrons. The maximum absolute atomic E-state index is 12.6. The Bertz CT molecular complexity index is 830. The highest BCUT2D eigenvalue weighted by Gasteiger charge is 2.28. The molecule has 25 heavy (non-hydrogen) atoms. The summed E-state index contributed by atoms with van der Waals surface area (Å²) >= 11 is 3.00. The number of halogens is 1. The number of piperazine rings is 1. The number of carbonyl (C=O) groups excluding carboxylic acids is 1. The molecule has 1 fully saturated rings. The van der Waals surface area contributed by atoms with Gasteiger partial charge in [0.15, 0.2) is 0 Å². The van der Waals surface area contributed by atoms with Crippen LogP contribution in [0.25, 0.3) is 0 Å². The first-order valence-electron chi connectivity index (χ1n) is 7.89. The predicted octanol–water partition coefficient (Wildman–Crippen LogP) is 1.37. The zero-order valence-electron chi connectivity index (χ0n) is 13.6. The molecule has 0 bridgehead atoms. The van der Waals surface area contributed by atoms with Crippen LogP contribution >= 0.6 is 15.9 Å². The number of hydrogen-bond acceptors (Lipinski definition) is 4. The molecule has 2 aromatic rings. The monoisotopic (exact) mass is 426 g/mol. The fraction of sp³-hybridized carbons (Fsp3) is 0.375. The van der Waals surface area contributed by atoms with Gasteiger partial charge in [0.05, 0.1) is 18.3 Å². The summed E-state index contributed by atoms with van der Waals surface area (Å²) in [4.78, 5) is 14.3. The van der Waals surface area contributed by atoms with Crippen molar-refractivity contribution in [3.8, 4) is 0 Å². The van der Waals surface area contributed by atoms with Crippen LogP contribution < -0.4 is 0 Å². The molecule has 2 heterocycles. The smallest absolute Gasteiger partial charge is 0.257 e. The van der Waals surface area contributed by atoms with Gasteiger partial charge in [-0.3, -0.25) is 9.48 Å². The van der Waals surface area contributed by atoms with Gasteiger partial charge in [-0.05, 0) is 5.56 Å². The van der Waals surface area contributed by atoms with E-state index in [0.717, 1.165) is 5.56 Å². The fourth-order valence-electron chi connectivity index (χ4n) is 2.75. The number of carbonyl (C=O) groups is 1. The molecule has 1 saturated heterocycles. The van der Waals surface area contributed by atoms with Crippen LogP contribution in [0.2, 0.25) is 0 Å². The number of nitrogens with zero attached hydrogens (tertiary/aromatic N) is 4. The molecule has 0 atom stereocenters. The van der Waals surface area contributed by atoms with E-state index in [1.54, 1.807) is 22.0 Å². The second-order valence-corrected chi connectivity index (χ2v) is 9.10. The van der Waals surface area contributed by atoms with Gasteiger partial charge in [0, 0.05) is 32.4 Å². The number of aromatic nitrogens is 2. The largest absolute Gasteiger partial charge is 0.336 e. The number of amides is 1. The molecule has 1 aliphatic heterocycles. The van der Waals surface area contributed by atoms with E-state index in [-0.39, 0.29) is 10.6 Å². The van der Waals surface area contributed by atoms with Gasteiger partial charge in [-0.15, -0.1) is 0 Å². The molecule has 134 valence electrons. The maximum atomic E-state index is 12.6. The van der Waals surface area contributed by atoms with Crippen LogP contribution in [0.4, 0.5) is 0 Å². The average Bonchev–Trinajstić information content (AvgIpc) is 3.10. The summed E-state index contributed by atoms with van der Waals surface area (Å²) in [6.45, 7) is 2.00. The summed E-state index contributed by atoms with van der Waals surface area (Å²) in [6.07, 6.45) is 3.30. The van der Waals surface area contributed by atoms with Crippen LogP contribution in [0.1, 0.15) is 15.9 Å². The number of benzene rings is 1. The lowest BCUT2D eigenvalue weighted by molar-refractivity contribution is 0.0698. The minimum Gasteiger partial charge on any atom is -0.336 e. The quantitative estimate of drug-likeness (QED) is 0.676. The van der Waals surface area contributed by atoms with Crippen LogP contribution in [0.15, 0.2) is 42.7 Å². The van der Waals surface area contributed by atoms with E-state index < -0.39 is 10.0 Å². The van der Waals surface area contributed by atoms with Crippen LogP contribution in [-0.2, 0) is 16.6 Å². The van der Waals surface area contributed by atoms with Gasteiger partial charge < -0.3 is 4.90 Å². The van der Waals surface area contributed by atoms with E-state index in [9.17, 15) is 13.2 Å². The van der Waals surface area contributed by atoms with Gasteiger partial charge in [0.25, 0.3) is 5.91 Å². The molecule has 0 unspecified atom stereocenters. The van der Waals surface area contributed by atoms with E-state index in [1.165, 1.54) is 4.31 Å². The third kappa shape index (κ3) is 4.28. The Balaban J connectivity index is 1.61. The Hall–Kier alpha value is -1.71. The summed E-state index contributed by atoms with van der Waals surface area (Å²) < 4.78 is 26.7. The molecule has 0 aliphatic carbocycles. The first-order chi connectivity index (χ1) is 12.0. The molecule has 1 amide bonds. The summed E-state index contributed by atoms with van der Waals surface area (Å²) in [5, 5.41) is 4.25. The Kier molecular flexibility index (Phi) is 5.55. The third-order valence-electron chi connectivity index (χ3n) is 4.12. The van der Waals surface area contributed by atoms with Gasteiger partial charge in [-0.25, -0.2) is 8.42 Å². The molecule has 7 nitrogen and oxygen atoms in total. The van der Waals surface area contributed by atoms with Crippen molar-refractivity contribution < 1.29 is 13.2 Å². The normalized spacial score (nSPS) is 16.1. The minimum atomic E-state index is -3.27. The summed E-state index contributed by atoms with van der Waals surface area (Å²) in [5.41, 5.74) is 1.63. The maximum Gasteiger partial charge on any atom is 0.257 e. The highest BCUT2D eigenvalue weighted by atomic mass is 79.9. The molecular weight excluding hydrogens is 408 g/mol. The first-order valence-corrected chi connectivity index (χ1v) is 10.6. The van der Waals surface area contributed by atoms with E-state index >= 15 is 0 Å². The standard InChI is InChI=1S/C16H19BrN4O3S/c17-13-25(23,24)21-8-6-19(7-9-21)16(22)15-10-18-20(12-15)11-14-4-2-1-3-5-14/h1-5,10,12H,6-9,11,13H2. The molecule has 1 aliphatic rings. The van der Waals surface area contributed by atoms with Crippen molar-refractivity contribution >= 4 is 31.9 Å². The number of rotatable bonds is 5. The van der Waals surface area contributed by atoms with E-state index in [1.807, 2.05) is 30.3 Å². The summed E-state index contributed by atoms with van der Waals surface area (Å²) in [7, 11) is -3.27. The summed E-state index contributed by atoms with van der Waals surface area (Å²) in [6, 6.07) is 9.90. The average molecular weight is 427 g/mol. The van der Waals surface area contributed by atoms with Crippen molar-refractivity contribution in [3.05, 3.63) is 53.9 Å². The molecule has 1 aromatic heterocycles. The molecule has 3 rings (SSSR count). The zero-order valence-corrected chi connectivity index (χ0v) is 16.0. The van der Waals surface area contributed by atoms with E-state index in [2.05, 4.69) is 21.0 Å². The molecule has 1 aromatic carbocycles. The zero-order chi connectivity index (χ0) is 17.9. The van der Waals surface area contributed by atoms with Crippen LogP contribution in [0.5, 0.6) is 0 Å². The lowest BCUT2D eigenvalue weighted by atomic mass is 10.2. The fourth-order valence-corrected chi connectivity index (χ4v) is 4.48.